The van der Waals surface area contributed by atoms with E-state index in [1.807, 2.05) is 56.3 Å². The molecule has 3 aromatic carbocycles. The van der Waals surface area contributed by atoms with Crippen molar-refractivity contribution in [2.75, 3.05) is 13.7 Å². The Labute approximate surface area is 200 Å². The summed E-state index contributed by atoms with van der Waals surface area (Å²) in [4.78, 5) is 11.2. The predicted octanol–water partition coefficient (Wildman–Crippen LogP) is 6.59. The van der Waals surface area contributed by atoms with Crippen molar-refractivity contribution >= 4 is 5.97 Å². The average Bonchev–Trinajstić information content (AvgIpc) is 2.85. The van der Waals surface area contributed by atoms with E-state index in [1.165, 1.54) is 6.07 Å². The molecule has 0 heterocycles. The van der Waals surface area contributed by atoms with Gasteiger partial charge in [0, 0.05) is 12.2 Å². The molecule has 6 heteroatoms. The van der Waals surface area contributed by atoms with Crippen LogP contribution in [0.25, 0.3) is 11.1 Å². The van der Waals surface area contributed by atoms with Gasteiger partial charge in [-0.05, 0) is 77.9 Å². The highest BCUT2D eigenvalue weighted by molar-refractivity contribution is 5.70. The Balaban J connectivity index is 1.82. The van der Waals surface area contributed by atoms with Gasteiger partial charge >= 0.3 is 5.97 Å². The van der Waals surface area contributed by atoms with Gasteiger partial charge in [0.2, 0.25) is 0 Å². The summed E-state index contributed by atoms with van der Waals surface area (Å²) in [7, 11) is 1.55. The molecule has 0 radical (unpaired) electrons. The molecule has 0 aromatic heterocycles. The third-order valence-corrected chi connectivity index (χ3v) is 5.74. The average molecular weight is 467 g/mol. The summed E-state index contributed by atoms with van der Waals surface area (Å²) in [6, 6.07) is 18.0. The van der Waals surface area contributed by atoms with Gasteiger partial charge in [0.1, 0.15) is 23.9 Å². The van der Waals surface area contributed by atoms with Crippen LogP contribution in [0.2, 0.25) is 0 Å². The zero-order chi connectivity index (χ0) is 24.5. The molecule has 0 aliphatic rings. The van der Waals surface area contributed by atoms with E-state index in [4.69, 9.17) is 19.3 Å². The minimum absolute atomic E-state index is 0.0594. The predicted molar refractivity (Wildman–Crippen MR) is 130 cm³/mol. The molecule has 5 nitrogen and oxygen atoms in total. The Kier molecular flexibility index (Phi) is 9.05. The molecule has 34 heavy (non-hydrogen) atoms. The molecule has 0 saturated heterocycles. The molecular weight excluding hydrogens is 435 g/mol. The first kappa shape index (κ1) is 25.2. The minimum atomic E-state index is -0.812. The second-order valence-electron chi connectivity index (χ2n) is 8.04. The van der Waals surface area contributed by atoms with Crippen molar-refractivity contribution in [1.29, 1.82) is 0 Å². The van der Waals surface area contributed by atoms with Gasteiger partial charge in [-0.1, -0.05) is 31.2 Å². The van der Waals surface area contributed by atoms with Crippen LogP contribution < -0.4 is 9.47 Å². The van der Waals surface area contributed by atoms with Gasteiger partial charge in [-0.3, -0.25) is 4.79 Å². The van der Waals surface area contributed by atoms with Crippen molar-refractivity contribution < 1.29 is 28.5 Å². The monoisotopic (exact) mass is 466 g/mol. The molecular formula is C28H31FO5. The van der Waals surface area contributed by atoms with Crippen LogP contribution in [-0.2, 0) is 22.7 Å². The summed E-state index contributed by atoms with van der Waals surface area (Å²) in [5.41, 5.74) is 3.93. The maximum Gasteiger partial charge on any atom is 0.303 e. The first-order valence-corrected chi connectivity index (χ1v) is 11.4. The second kappa shape index (κ2) is 12.2. The number of aliphatic carboxylic acids is 1. The van der Waals surface area contributed by atoms with E-state index in [2.05, 4.69) is 0 Å². The third-order valence-electron chi connectivity index (χ3n) is 5.74. The number of ether oxygens (including phenoxy) is 3. The fourth-order valence-electron chi connectivity index (χ4n) is 3.90. The van der Waals surface area contributed by atoms with Gasteiger partial charge in [-0.15, -0.1) is 0 Å². The Hall–Kier alpha value is -3.38. The van der Waals surface area contributed by atoms with Gasteiger partial charge in [0.05, 0.1) is 20.1 Å². The van der Waals surface area contributed by atoms with Crippen molar-refractivity contribution in [3.63, 3.8) is 0 Å². The van der Waals surface area contributed by atoms with E-state index < -0.39 is 5.97 Å². The smallest absolute Gasteiger partial charge is 0.303 e. The van der Waals surface area contributed by atoms with E-state index in [1.54, 1.807) is 19.2 Å². The molecule has 0 aliphatic heterocycles. The van der Waals surface area contributed by atoms with Crippen molar-refractivity contribution in [2.45, 2.75) is 45.8 Å². The van der Waals surface area contributed by atoms with Crippen LogP contribution in [-0.4, -0.2) is 24.8 Å². The van der Waals surface area contributed by atoms with Crippen LogP contribution in [0.3, 0.4) is 0 Å². The number of hydrogen-bond donors (Lipinski definition) is 1. The maximum absolute atomic E-state index is 14.6. The first-order valence-electron chi connectivity index (χ1n) is 11.4. The lowest BCUT2D eigenvalue weighted by atomic mass is 9.93. The fourth-order valence-corrected chi connectivity index (χ4v) is 3.90. The first-order chi connectivity index (χ1) is 16.4. The van der Waals surface area contributed by atoms with E-state index in [-0.39, 0.29) is 18.2 Å². The third kappa shape index (κ3) is 6.58. The number of carboxylic acids is 1. The van der Waals surface area contributed by atoms with Crippen LogP contribution in [0.4, 0.5) is 4.39 Å². The number of rotatable bonds is 12. The molecule has 0 saturated carbocycles. The van der Waals surface area contributed by atoms with Crippen LogP contribution in [0, 0.1) is 5.82 Å². The fraction of sp³-hybridized carbons (Fsp3) is 0.321. The van der Waals surface area contributed by atoms with Crippen LogP contribution in [0.15, 0.2) is 60.7 Å². The number of benzene rings is 3. The Bertz CT molecular complexity index is 1110. The zero-order valence-corrected chi connectivity index (χ0v) is 19.8. The van der Waals surface area contributed by atoms with Crippen molar-refractivity contribution in [2.24, 2.45) is 0 Å². The number of methoxy groups -OCH3 is 1. The molecule has 1 N–H and O–H groups in total. The molecule has 0 aliphatic carbocycles. The lowest BCUT2D eigenvalue weighted by Gasteiger charge is -2.16. The molecule has 180 valence electrons. The van der Waals surface area contributed by atoms with Gasteiger partial charge in [0.25, 0.3) is 0 Å². The summed E-state index contributed by atoms with van der Waals surface area (Å²) >= 11 is 0. The normalized spacial score (nSPS) is 11.8. The zero-order valence-electron chi connectivity index (χ0n) is 19.8. The van der Waals surface area contributed by atoms with Crippen LogP contribution in [0.5, 0.6) is 11.5 Å². The van der Waals surface area contributed by atoms with Crippen molar-refractivity contribution in [3.8, 4) is 22.6 Å². The highest BCUT2D eigenvalue weighted by Gasteiger charge is 2.15. The molecule has 0 bridgehead atoms. The Morgan fingerprint density at radius 3 is 2.50 bits per heavy atom. The molecule has 0 fully saturated rings. The van der Waals surface area contributed by atoms with E-state index in [0.717, 1.165) is 28.7 Å². The SMILES string of the molecule is CCOCc1cc(COc2cccc([C@@H](CC)CC(=O)O)c2)ccc1-c1cc(OC)ccc1F. The molecule has 0 unspecified atom stereocenters. The topological polar surface area (TPSA) is 65.0 Å². The van der Waals surface area contributed by atoms with Crippen molar-refractivity contribution in [1.82, 2.24) is 0 Å². The van der Waals surface area contributed by atoms with Gasteiger partial charge in [-0.25, -0.2) is 4.39 Å². The number of carbonyl (C=O) groups is 1. The Morgan fingerprint density at radius 1 is 0.971 bits per heavy atom. The molecule has 0 amide bonds. The standard InChI is InChI=1S/C28H31FO5/c1-4-20(15-28(30)31)21-7-6-8-24(14-21)34-17-19-9-11-25(22(13-19)18-33-5-2)26-16-23(32-3)10-12-27(26)29/h6-14,16,20H,4-5,15,17-18H2,1-3H3,(H,30,31)/t20-/m0/s1. The highest BCUT2D eigenvalue weighted by Crippen LogP contribution is 2.32. The van der Waals surface area contributed by atoms with Gasteiger partial charge in [-0.2, -0.15) is 0 Å². The summed E-state index contributed by atoms with van der Waals surface area (Å²) in [5, 5.41) is 9.16. The van der Waals surface area contributed by atoms with E-state index in [9.17, 15) is 9.18 Å². The van der Waals surface area contributed by atoms with E-state index >= 15 is 0 Å². The molecule has 3 rings (SSSR count). The van der Waals surface area contributed by atoms with Crippen LogP contribution in [0.1, 0.15) is 49.3 Å². The van der Waals surface area contributed by atoms with Crippen LogP contribution >= 0.6 is 0 Å². The summed E-state index contributed by atoms with van der Waals surface area (Å²) in [6.45, 7) is 5.11. The Morgan fingerprint density at radius 2 is 1.79 bits per heavy atom. The second-order valence-corrected chi connectivity index (χ2v) is 8.04. The maximum atomic E-state index is 14.6. The molecule has 3 aromatic rings. The number of carboxylic acid groups (broad SMARTS) is 1. The minimum Gasteiger partial charge on any atom is -0.497 e. The lowest BCUT2D eigenvalue weighted by molar-refractivity contribution is -0.137. The summed E-state index contributed by atoms with van der Waals surface area (Å²) in [5.74, 6) is 0.0598. The largest absolute Gasteiger partial charge is 0.497 e. The van der Waals surface area contributed by atoms with Gasteiger partial charge in [0.15, 0.2) is 0 Å². The van der Waals surface area contributed by atoms with Crippen molar-refractivity contribution in [3.05, 3.63) is 83.2 Å². The molecule has 1 atom stereocenters. The summed E-state index contributed by atoms with van der Waals surface area (Å²) < 4.78 is 31.5. The summed E-state index contributed by atoms with van der Waals surface area (Å²) in [6.07, 6.45) is 0.821. The lowest BCUT2D eigenvalue weighted by Crippen LogP contribution is -2.06. The van der Waals surface area contributed by atoms with E-state index in [0.29, 0.717) is 36.9 Å². The van der Waals surface area contributed by atoms with Gasteiger partial charge < -0.3 is 19.3 Å². The number of halogens is 1. The highest BCUT2D eigenvalue weighted by atomic mass is 19.1. The number of hydrogen-bond acceptors (Lipinski definition) is 4. The quantitative estimate of drug-likeness (QED) is 0.326. The molecule has 0 spiro atoms.